The minimum atomic E-state index is 0.706. The average Bonchev–Trinajstić information content (AvgIpc) is 2.86. The number of fused-ring (bicyclic) bond motifs is 1. The Labute approximate surface area is 107 Å². The first-order valence-corrected chi connectivity index (χ1v) is 6.45. The number of imidazole rings is 1. The number of H-pyrrole nitrogens is 1. The third-order valence-corrected chi connectivity index (χ3v) is 3.78. The van der Waals surface area contributed by atoms with Crippen molar-refractivity contribution >= 4 is 17.0 Å². The predicted octanol–water partition coefficient (Wildman–Crippen LogP) is 1.49. The van der Waals surface area contributed by atoms with Crippen LogP contribution in [0.15, 0.2) is 18.5 Å². The Balaban J connectivity index is 1.75. The van der Waals surface area contributed by atoms with Crippen molar-refractivity contribution in [3.63, 3.8) is 0 Å². The molecule has 0 radical (unpaired) electrons. The zero-order valence-electron chi connectivity index (χ0n) is 10.9. The second-order valence-electron chi connectivity index (χ2n) is 5.12. The predicted molar refractivity (Wildman–Crippen MR) is 72.8 cm³/mol. The quantitative estimate of drug-likeness (QED) is 0.871. The van der Waals surface area contributed by atoms with Crippen LogP contribution in [0.3, 0.4) is 0 Å². The number of hydrogen-bond acceptors (Lipinski definition) is 4. The summed E-state index contributed by atoms with van der Waals surface area (Å²) in [7, 11) is 4.32. The number of anilines is 1. The van der Waals surface area contributed by atoms with Gasteiger partial charge >= 0.3 is 0 Å². The van der Waals surface area contributed by atoms with Crippen LogP contribution in [0.25, 0.3) is 11.2 Å². The summed E-state index contributed by atoms with van der Waals surface area (Å²) in [5.74, 6) is 1.06. The smallest absolute Gasteiger partial charge is 0.159 e. The summed E-state index contributed by atoms with van der Waals surface area (Å²) in [5, 5.41) is 0. The number of rotatable bonds is 2. The Bertz CT molecular complexity index is 525. The van der Waals surface area contributed by atoms with Crippen molar-refractivity contribution in [3.05, 3.63) is 18.5 Å². The minimum Gasteiger partial charge on any atom is -0.356 e. The fourth-order valence-electron chi connectivity index (χ4n) is 2.60. The molecule has 0 unspecified atom stereocenters. The first kappa shape index (κ1) is 11.5. The van der Waals surface area contributed by atoms with E-state index in [4.69, 9.17) is 0 Å². The molecule has 2 aromatic rings. The van der Waals surface area contributed by atoms with Gasteiger partial charge in [-0.05, 0) is 39.1 Å². The molecule has 0 aromatic carbocycles. The average molecular weight is 245 g/mol. The van der Waals surface area contributed by atoms with E-state index in [0.717, 1.165) is 30.1 Å². The Morgan fingerprint density at radius 1 is 1.28 bits per heavy atom. The van der Waals surface area contributed by atoms with Crippen molar-refractivity contribution < 1.29 is 0 Å². The molecule has 0 saturated carbocycles. The molecule has 3 rings (SSSR count). The molecule has 0 spiro atoms. The van der Waals surface area contributed by atoms with Crippen LogP contribution in [-0.2, 0) is 0 Å². The molecule has 5 nitrogen and oxygen atoms in total. The summed E-state index contributed by atoms with van der Waals surface area (Å²) in [5.41, 5.74) is 1.81. The second kappa shape index (κ2) is 4.57. The van der Waals surface area contributed by atoms with Crippen LogP contribution in [0.2, 0.25) is 0 Å². The largest absolute Gasteiger partial charge is 0.356 e. The topological polar surface area (TPSA) is 48.0 Å². The molecule has 0 aliphatic carbocycles. The molecule has 3 heterocycles. The molecule has 1 aliphatic heterocycles. The van der Waals surface area contributed by atoms with Crippen molar-refractivity contribution in [2.24, 2.45) is 0 Å². The maximum absolute atomic E-state index is 4.62. The molecule has 96 valence electrons. The van der Waals surface area contributed by atoms with E-state index in [2.05, 4.69) is 44.9 Å². The Morgan fingerprint density at radius 2 is 2.06 bits per heavy atom. The molecule has 1 N–H and O–H groups in total. The van der Waals surface area contributed by atoms with E-state index >= 15 is 0 Å². The number of aromatic nitrogens is 3. The number of nitrogens with zero attached hydrogens (tertiary/aromatic N) is 4. The zero-order chi connectivity index (χ0) is 12.5. The third-order valence-electron chi connectivity index (χ3n) is 3.78. The fourth-order valence-corrected chi connectivity index (χ4v) is 2.60. The molecule has 0 bridgehead atoms. The van der Waals surface area contributed by atoms with Crippen LogP contribution in [0, 0.1) is 0 Å². The first-order chi connectivity index (χ1) is 8.74. The molecule has 1 fully saturated rings. The van der Waals surface area contributed by atoms with Gasteiger partial charge in [-0.3, -0.25) is 0 Å². The van der Waals surface area contributed by atoms with Crippen LogP contribution in [-0.4, -0.2) is 53.1 Å². The number of aromatic amines is 1. The highest BCUT2D eigenvalue weighted by Crippen LogP contribution is 2.21. The maximum atomic E-state index is 4.62. The van der Waals surface area contributed by atoms with Gasteiger partial charge in [0.15, 0.2) is 5.65 Å². The van der Waals surface area contributed by atoms with E-state index in [1.54, 1.807) is 6.33 Å². The number of hydrogen-bond donors (Lipinski definition) is 1. The monoisotopic (exact) mass is 245 g/mol. The lowest BCUT2D eigenvalue weighted by Gasteiger charge is -2.35. The third kappa shape index (κ3) is 2.06. The fraction of sp³-hybridized carbons (Fsp3) is 0.538. The molecular formula is C13H19N5. The SMILES string of the molecule is CN(C)C1CCN(c2ccc3nc[nH]c3n2)CC1. The van der Waals surface area contributed by atoms with Gasteiger partial charge in [-0.25, -0.2) is 9.97 Å². The molecule has 1 aliphatic rings. The summed E-state index contributed by atoms with van der Waals surface area (Å²) in [6, 6.07) is 4.81. The molecule has 1 saturated heterocycles. The maximum Gasteiger partial charge on any atom is 0.159 e. The van der Waals surface area contributed by atoms with E-state index in [1.165, 1.54) is 12.8 Å². The lowest BCUT2D eigenvalue weighted by atomic mass is 10.0. The number of pyridine rings is 1. The summed E-state index contributed by atoms with van der Waals surface area (Å²) >= 11 is 0. The Hall–Kier alpha value is -1.62. The first-order valence-electron chi connectivity index (χ1n) is 6.45. The Morgan fingerprint density at radius 3 is 2.78 bits per heavy atom. The second-order valence-corrected chi connectivity index (χ2v) is 5.12. The van der Waals surface area contributed by atoms with Gasteiger partial charge in [0.1, 0.15) is 11.3 Å². The summed E-state index contributed by atoms with van der Waals surface area (Å²) in [6.07, 6.45) is 4.10. The van der Waals surface area contributed by atoms with E-state index in [0.29, 0.717) is 6.04 Å². The highest BCUT2D eigenvalue weighted by atomic mass is 15.2. The molecule has 0 amide bonds. The van der Waals surface area contributed by atoms with Gasteiger partial charge in [0.05, 0.1) is 6.33 Å². The molecule has 5 heteroatoms. The van der Waals surface area contributed by atoms with E-state index < -0.39 is 0 Å². The lowest BCUT2D eigenvalue weighted by Crippen LogP contribution is -2.42. The van der Waals surface area contributed by atoms with Crippen LogP contribution in [0.4, 0.5) is 5.82 Å². The molecule has 18 heavy (non-hydrogen) atoms. The molecule has 2 aromatic heterocycles. The van der Waals surface area contributed by atoms with Crippen LogP contribution in [0.1, 0.15) is 12.8 Å². The van der Waals surface area contributed by atoms with Crippen molar-refractivity contribution in [1.82, 2.24) is 19.9 Å². The van der Waals surface area contributed by atoms with Gasteiger partial charge in [-0.2, -0.15) is 0 Å². The summed E-state index contributed by atoms with van der Waals surface area (Å²) < 4.78 is 0. The van der Waals surface area contributed by atoms with Gasteiger partial charge in [-0.1, -0.05) is 0 Å². The molecule has 0 atom stereocenters. The summed E-state index contributed by atoms with van der Waals surface area (Å²) in [6.45, 7) is 2.16. The van der Waals surface area contributed by atoms with Gasteiger partial charge < -0.3 is 14.8 Å². The minimum absolute atomic E-state index is 0.706. The summed E-state index contributed by atoms with van der Waals surface area (Å²) in [4.78, 5) is 16.6. The normalized spacial score (nSPS) is 17.8. The van der Waals surface area contributed by atoms with Crippen LogP contribution in [0.5, 0.6) is 0 Å². The highest BCUT2D eigenvalue weighted by molar-refractivity contribution is 5.72. The zero-order valence-corrected chi connectivity index (χ0v) is 10.9. The van der Waals surface area contributed by atoms with Crippen molar-refractivity contribution in [2.45, 2.75) is 18.9 Å². The van der Waals surface area contributed by atoms with Crippen LogP contribution >= 0.6 is 0 Å². The van der Waals surface area contributed by atoms with Crippen molar-refractivity contribution in [2.75, 3.05) is 32.1 Å². The Kier molecular flexibility index (Phi) is 2.91. The van der Waals surface area contributed by atoms with Crippen molar-refractivity contribution in [1.29, 1.82) is 0 Å². The van der Waals surface area contributed by atoms with E-state index in [-0.39, 0.29) is 0 Å². The standard InChI is InChI=1S/C13H19N5/c1-17(2)10-5-7-18(8-6-10)12-4-3-11-13(16-12)15-9-14-11/h3-4,9-10H,5-8H2,1-2H3,(H,14,15,16). The van der Waals surface area contributed by atoms with Gasteiger partial charge in [-0.15, -0.1) is 0 Å². The number of piperidine rings is 1. The van der Waals surface area contributed by atoms with Crippen molar-refractivity contribution in [3.8, 4) is 0 Å². The number of nitrogens with one attached hydrogen (secondary N) is 1. The van der Waals surface area contributed by atoms with E-state index in [1.807, 2.05) is 6.07 Å². The van der Waals surface area contributed by atoms with Gasteiger partial charge in [0, 0.05) is 19.1 Å². The highest BCUT2D eigenvalue weighted by Gasteiger charge is 2.21. The van der Waals surface area contributed by atoms with Gasteiger partial charge in [0.2, 0.25) is 0 Å². The molecular weight excluding hydrogens is 226 g/mol. The lowest BCUT2D eigenvalue weighted by molar-refractivity contribution is 0.249. The van der Waals surface area contributed by atoms with Gasteiger partial charge in [0.25, 0.3) is 0 Å². The van der Waals surface area contributed by atoms with Crippen LogP contribution < -0.4 is 4.90 Å². The van der Waals surface area contributed by atoms with E-state index in [9.17, 15) is 0 Å².